The average Bonchev–Trinajstić information content (AvgIpc) is 2.59. The monoisotopic (exact) mass is 214 g/mol. The lowest BCUT2D eigenvalue weighted by atomic mass is 9.96. The Morgan fingerprint density at radius 3 is 2.53 bits per heavy atom. The summed E-state index contributed by atoms with van der Waals surface area (Å²) >= 11 is 0. The third kappa shape index (κ3) is 3.47. The Balaban J connectivity index is 2.34. The first-order valence-corrected chi connectivity index (χ1v) is 5.53. The molecule has 0 aliphatic carbocycles. The molecule has 2 unspecified atom stereocenters. The highest BCUT2D eigenvalue weighted by atomic mass is 16.5. The summed E-state index contributed by atoms with van der Waals surface area (Å²) in [6.45, 7) is 8.58. The Bertz CT molecular complexity index is 223. The van der Waals surface area contributed by atoms with Gasteiger partial charge in [0.05, 0.1) is 12.0 Å². The van der Waals surface area contributed by atoms with Gasteiger partial charge in [0.2, 0.25) is 0 Å². The van der Waals surface area contributed by atoms with Gasteiger partial charge in [-0.25, -0.2) is 0 Å². The number of rotatable bonds is 3. The van der Waals surface area contributed by atoms with Crippen LogP contribution >= 0.6 is 0 Å². The molecule has 0 saturated carbocycles. The van der Waals surface area contributed by atoms with E-state index in [1.165, 1.54) is 0 Å². The summed E-state index contributed by atoms with van der Waals surface area (Å²) < 4.78 is 5.29. The summed E-state index contributed by atoms with van der Waals surface area (Å²) in [5.41, 5.74) is 5.22. The van der Waals surface area contributed by atoms with Gasteiger partial charge in [-0.3, -0.25) is 4.79 Å². The molecule has 0 aromatic carbocycles. The van der Waals surface area contributed by atoms with Crippen LogP contribution in [-0.4, -0.2) is 32.2 Å². The molecule has 2 atom stereocenters. The lowest BCUT2D eigenvalue weighted by Crippen LogP contribution is -2.30. The molecule has 88 valence electrons. The Morgan fingerprint density at radius 2 is 2.00 bits per heavy atom. The molecule has 3 N–H and O–H groups in total. The van der Waals surface area contributed by atoms with Gasteiger partial charge < -0.3 is 15.8 Å². The Kier molecular flexibility index (Phi) is 4.11. The van der Waals surface area contributed by atoms with Crippen LogP contribution in [0.1, 0.15) is 20.8 Å². The predicted octanol–water partition coefficient (Wildman–Crippen LogP) is 0.370. The molecule has 0 amide bonds. The van der Waals surface area contributed by atoms with Gasteiger partial charge in [0.1, 0.15) is 0 Å². The highest BCUT2D eigenvalue weighted by Crippen LogP contribution is 2.19. The molecule has 0 bridgehead atoms. The van der Waals surface area contributed by atoms with Crippen molar-refractivity contribution in [3.8, 4) is 0 Å². The number of nitrogens with one attached hydrogen (secondary N) is 1. The maximum atomic E-state index is 11.5. The molecule has 0 radical (unpaired) electrons. The summed E-state index contributed by atoms with van der Waals surface area (Å²) in [5, 5.41) is 3.26. The zero-order valence-corrected chi connectivity index (χ0v) is 9.88. The van der Waals surface area contributed by atoms with Crippen molar-refractivity contribution in [2.24, 2.45) is 23.0 Å². The van der Waals surface area contributed by atoms with Crippen molar-refractivity contribution in [1.82, 2.24) is 5.32 Å². The van der Waals surface area contributed by atoms with E-state index in [1.807, 2.05) is 20.8 Å². The molecule has 1 heterocycles. The first kappa shape index (κ1) is 12.5. The molecular weight excluding hydrogens is 192 g/mol. The normalized spacial score (nSPS) is 26.7. The quantitative estimate of drug-likeness (QED) is 0.666. The van der Waals surface area contributed by atoms with Gasteiger partial charge in [-0.1, -0.05) is 0 Å². The number of hydrogen-bond donors (Lipinski definition) is 2. The molecular formula is C11H22N2O2. The number of carbonyl (C=O) groups excluding carboxylic acids is 1. The van der Waals surface area contributed by atoms with Gasteiger partial charge >= 0.3 is 5.97 Å². The maximum absolute atomic E-state index is 11.5. The average molecular weight is 214 g/mol. The molecule has 1 aliphatic heterocycles. The topological polar surface area (TPSA) is 64.3 Å². The highest BCUT2D eigenvalue weighted by molar-refractivity contribution is 5.75. The van der Waals surface area contributed by atoms with Crippen LogP contribution in [0.2, 0.25) is 0 Å². The minimum Gasteiger partial charge on any atom is -0.465 e. The fourth-order valence-electron chi connectivity index (χ4n) is 1.66. The van der Waals surface area contributed by atoms with E-state index >= 15 is 0 Å². The first-order chi connectivity index (χ1) is 6.95. The van der Waals surface area contributed by atoms with Crippen molar-refractivity contribution in [1.29, 1.82) is 0 Å². The lowest BCUT2D eigenvalue weighted by molar-refractivity contribution is -0.154. The van der Waals surface area contributed by atoms with Crippen LogP contribution < -0.4 is 11.1 Å². The molecule has 1 aliphatic rings. The first-order valence-electron chi connectivity index (χ1n) is 5.53. The summed E-state index contributed by atoms with van der Waals surface area (Å²) in [4.78, 5) is 11.5. The van der Waals surface area contributed by atoms with Crippen molar-refractivity contribution in [2.75, 3.05) is 26.2 Å². The van der Waals surface area contributed by atoms with Gasteiger partial charge in [-0.05, 0) is 39.8 Å². The zero-order chi connectivity index (χ0) is 11.5. The second-order valence-electron chi connectivity index (χ2n) is 5.26. The van der Waals surface area contributed by atoms with E-state index in [1.54, 1.807) is 0 Å². The van der Waals surface area contributed by atoms with Crippen molar-refractivity contribution in [3.63, 3.8) is 0 Å². The van der Waals surface area contributed by atoms with Gasteiger partial charge in [0.25, 0.3) is 0 Å². The molecule has 4 heteroatoms. The lowest BCUT2D eigenvalue weighted by Gasteiger charge is -2.21. The van der Waals surface area contributed by atoms with Crippen LogP contribution in [0, 0.1) is 17.3 Å². The number of nitrogens with two attached hydrogens (primary N) is 1. The van der Waals surface area contributed by atoms with E-state index in [0.29, 0.717) is 25.0 Å². The van der Waals surface area contributed by atoms with Crippen LogP contribution in [0.4, 0.5) is 0 Å². The van der Waals surface area contributed by atoms with E-state index in [2.05, 4.69) is 5.32 Å². The molecule has 0 aromatic heterocycles. The Hall–Kier alpha value is -0.610. The second kappa shape index (κ2) is 4.94. The SMILES string of the molecule is CC(C)(C)C(=O)OCC1CNCC1CN. The number of ether oxygens (including phenoxy) is 1. The van der Waals surface area contributed by atoms with Crippen LogP contribution in [-0.2, 0) is 9.53 Å². The summed E-state index contributed by atoms with van der Waals surface area (Å²) in [7, 11) is 0. The highest BCUT2D eigenvalue weighted by Gasteiger charge is 2.29. The van der Waals surface area contributed by atoms with Gasteiger partial charge in [-0.15, -0.1) is 0 Å². The van der Waals surface area contributed by atoms with E-state index in [-0.39, 0.29) is 5.97 Å². The molecule has 15 heavy (non-hydrogen) atoms. The molecule has 0 aromatic rings. The Morgan fingerprint density at radius 1 is 1.40 bits per heavy atom. The van der Waals surface area contributed by atoms with E-state index < -0.39 is 5.41 Å². The molecule has 0 spiro atoms. The molecule has 1 fully saturated rings. The second-order valence-corrected chi connectivity index (χ2v) is 5.26. The van der Waals surface area contributed by atoms with Gasteiger partial charge in [-0.2, -0.15) is 0 Å². The van der Waals surface area contributed by atoms with Gasteiger partial charge in [0, 0.05) is 12.5 Å². The fourth-order valence-corrected chi connectivity index (χ4v) is 1.66. The molecule has 1 rings (SSSR count). The van der Waals surface area contributed by atoms with Gasteiger partial charge in [0.15, 0.2) is 0 Å². The third-order valence-corrected chi connectivity index (χ3v) is 2.82. The van der Waals surface area contributed by atoms with E-state index in [9.17, 15) is 4.79 Å². The minimum absolute atomic E-state index is 0.134. The number of hydrogen-bond acceptors (Lipinski definition) is 4. The summed E-state index contributed by atoms with van der Waals surface area (Å²) in [6, 6.07) is 0. The van der Waals surface area contributed by atoms with Crippen molar-refractivity contribution < 1.29 is 9.53 Å². The van der Waals surface area contributed by atoms with Crippen LogP contribution in [0.15, 0.2) is 0 Å². The minimum atomic E-state index is -0.412. The van der Waals surface area contributed by atoms with Crippen LogP contribution in [0.5, 0.6) is 0 Å². The summed E-state index contributed by atoms with van der Waals surface area (Å²) in [6.07, 6.45) is 0. The van der Waals surface area contributed by atoms with Crippen LogP contribution in [0.25, 0.3) is 0 Å². The molecule has 1 saturated heterocycles. The van der Waals surface area contributed by atoms with E-state index in [4.69, 9.17) is 10.5 Å². The largest absolute Gasteiger partial charge is 0.465 e. The third-order valence-electron chi connectivity index (χ3n) is 2.82. The maximum Gasteiger partial charge on any atom is 0.311 e. The molecule has 4 nitrogen and oxygen atoms in total. The van der Waals surface area contributed by atoms with E-state index in [0.717, 1.165) is 13.1 Å². The number of esters is 1. The van der Waals surface area contributed by atoms with Crippen molar-refractivity contribution in [3.05, 3.63) is 0 Å². The fraction of sp³-hybridized carbons (Fsp3) is 0.909. The van der Waals surface area contributed by atoms with Crippen molar-refractivity contribution in [2.45, 2.75) is 20.8 Å². The predicted molar refractivity (Wildman–Crippen MR) is 59.3 cm³/mol. The van der Waals surface area contributed by atoms with Crippen molar-refractivity contribution >= 4 is 5.97 Å². The van der Waals surface area contributed by atoms with Crippen LogP contribution in [0.3, 0.4) is 0 Å². The Labute approximate surface area is 91.5 Å². The number of carbonyl (C=O) groups is 1. The smallest absolute Gasteiger partial charge is 0.311 e. The standard InChI is InChI=1S/C11H22N2O2/c1-11(2,3)10(14)15-7-9-6-13-5-8(9)4-12/h8-9,13H,4-7,12H2,1-3H3. The zero-order valence-electron chi connectivity index (χ0n) is 9.88. The summed E-state index contributed by atoms with van der Waals surface area (Å²) in [5.74, 6) is 0.684.